The van der Waals surface area contributed by atoms with Gasteiger partial charge in [-0.2, -0.15) is 18.3 Å². The lowest BCUT2D eigenvalue weighted by Gasteiger charge is -2.15. The van der Waals surface area contributed by atoms with Crippen molar-refractivity contribution < 1.29 is 22.7 Å². The zero-order valence-electron chi connectivity index (χ0n) is 17.2. The molecule has 1 N–H and O–H groups in total. The number of halogens is 4. The Bertz CT molecular complexity index is 1210. The normalized spacial score (nSPS) is 11.3. The Morgan fingerprint density at radius 2 is 1.94 bits per heavy atom. The summed E-state index contributed by atoms with van der Waals surface area (Å²) in [5.74, 6) is -0.491. The lowest BCUT2D eigenvalue weighted by Crippen LogP contribution is -2.27. The van der Waals surface area contributed by atoms with Gasteiger partial charge in [-0.15, -0.1) is 0 Å². The molecular weight excluding hydrogens is 447 g/mol. The van der Waals surface area contributed by atoms with Gasteiger partial charge in [-0.1, -0.05) is 24.6 Å². The molecule has 1 amide bonds. The second kappa shape index (κ2) is 9.44. The molecule has 1 heterocycles. The van der Waals surface area contributed by atoms with Crippen LogP contribution in [0.15, 0.2) is 53.3 Å². The summed E-state index contributed by atoms with van der Waals surface area (Å²) < 4.78 is 46.0. The fraction of sp³-hybridized carbons (Fsp3) is 0.227. The molecule has 1 aromatic heterocycles. The lowest BCUT2D eigenvalue weighted by atomic mass is 10.2. The van der Waals surface area contributed by atoms with Crippen LogP contribution in [0.5, 0.6) is 5.75 Å². The maximum absolute atomic E-state index is 13.1. The number of nitrogens with zero attached hydrogens (tertiary/aromatic N) is 2. The van der Waals surface area contributed by atoms with Crippen LogP contribution >= 0.6 is 11.6 Å². The minimum absolute atomic E-state index is 0.0566. The van der Waals surface area contributed by atoms with Crippen LogP contribution in [0, 0.1) is 6.92 Å². The van der Waals surface area contributed by atoms with E-state index in [1.54, 1.807) is 12.1 Å². The van der Waals surface area contributed by atoms with Gasteiger partial charge in [0.05, 0.1) is 23.5 Å². The van der Waals surface area contributed by atoms with Gasteiger partial charge in [0.25, 0.3) is 5.91 Å². The molecule has 0 spiro atoms. The predicted molar refractivity (Wildman–Crippen MR) is 115 cm³/mol. The van der Waals surface area contributed by atoms with Crippen molar-refractivity contribution in [1.82, 2.24) is 9.78 Å². The lowest BCUT2D eigenvalue weighted by molar-refractivity contribution is -0.137. The molecule has 0 aliphatic carbocycles. The first kappa shape index (κ1) is 23.3. The Morgan fingerprint density at radius 3 is 2.62 bits per heavy atom. The van der Waals surface area contributed by atoms with Crippen LogP contribution in [0.1, 0.15) is 35.1 Å². The number of aromatic nitrogens is 2. The van der Waals surface area contributed by atoms with Crippen molar-refractivity contribution in [2.24, 2.45) is 0 Å². The third-order valence-corrected chi connectivity index (χ3v) is 4.63. The maximum atomic E-state index is 13.1. The second-order valence-electron chi connectivity index (χ2n) is 6.90. The highest BCUT2D eigenvalue weighted by Gasteiger charge is 2.30. The van der Waals surface area contributed by atoms with Crippen LogP contribution in [-0.2, 0) is 6.18 Å². The van der Waals surface area contributed by atoms with E-state index in [1.165, 1.54) is 25.1 Å². The van der Waals surface area contributed by atoms with Crippen molar-refractivity contribution in [3.8, 4) is 11.4 Å². The first-order valence-corrected chi connectivity index (χ1v) is 10.00. The summed E-state index contributed by atoms with van der Waals surface area (Å²) >= 11 is 6.01. The predicted octanol–water partition coefficient (Wildman–Crippen LogP) is 5.25. The minimum Gasteiger partial charge on any atom is -0.491 e. The number of hydrogen-bond acceptors (Lipinski definition) is 4. The van der Waals surface area contributed by atoms with E-state index >= 15 is 0 Å². The molecule has 0 unspecified atom stereocenters. The number of benzene rings is 2. The Hall–Kier alpha value is -3.33. The Kier molecular flexibility index (Phi) is 6.88. The van der Waals surface area contributed by atoms with Gasteiger partial charge < -0.3 is 10.1 Å². The number of carbonyl (C=O) groups is 1. The molecule has 3 rings (SSSR count). The number of alkyl halides is 3. The van der Waals surface area contributed by atoms with Crippen molar-refractivity contribution in [2.75, 3.05) is 11.9 Å². The van der Waals surface area contributed by atoms with Gasteiger partial charge >= 0.3 is 6.18 Å². The zero-order valence-corrected chi connectivity index (χ0v) is 17.9. The fourth-order valence-electron chi connectivity index (χ4n) is 2.90. The molecule has 0 aliphatic heterocycles. The summed E-state index contributed by atoms with van der Waals surface area (Å²) in [6.07, 6.45) is -3.82. The van der Waals surface area contributed by atoms with Gasteiger partial charge in [0.1, 0.15) is 5.75 Å². The van der Waals surface area contributed by atoms with Gasteiger partial charge in [-0.3, -0.25) is 9.59 Å². The molecule has 2 aromatic carbocycles. The molecule has 0 saturated heterocycles. The fourth-order valence-corrected chi connectivity index (χ4v) is 3.07. The molecule has 0 saturated carbocycles. The first-order valence-electron chi connectivity index (χ1n) is 9.62. The van der Waals surface area contributed by atoms with E-state index in [-0.39, 0.29) is 17.1 Å². The van der Waals surface area contributed by atoms with E-state index in [0.29, 0.717) is 17.4 Å². The third-order valence-electron chi connectivity index (χ3n) is 4.39. The van der Waals surface area contributed by atoms with Gasteiger partial charge in [0.2, 0.25) is 5.43 Å². The highest BCUT2D eigenvalue weighted by atomic mass is 35.5. The van der Waals surface area contributed by atoms with Crippen molar-refractivity contribution >= 4 is 23.2 Å². The van der Waals surface area contributed by atoms with Gasteiger partial charge in [0, 0.05) is 16.8 Å². The van der Waals surface area contributed by atoms with Crippen LogP contribution in [-0.4, -0.2) is 22.3 Å². The molecule has 0 fully saturated rings. The molecule has 168 valence electrons. The van der Waals surface area contributed by atoms with Gasteiger partial charge in [0.15, 0.2) is 5.69 Å². The van der Waals surface area contributed by atoms with Crippen LogP contribution in [0.2, 0.25) is 5.02 Å². The topological polar surface area (TPSA) is 73.2 Å². The van der Waals surface area contributed by atoms with E-state index in [1.807, 2.05) is 6.92 Å². The average molecular weight is 466 g/mol. The molecule has 32 heavy (non-hydrogen) atoms. The van der Waals surface area contributed by atoms with Crippen molar-refractivity contribution in [1.29, 1.82) is 0 Å². The molecule has 0 bridgehead atoms. The molecule has 10 heteroatoms. The van der Waals surface area contributed by atoms with Gasteiger partial charge in [-0.05, 0) is 49.7 Å². The van der Waals surface area contributed by atoms with Crippen molar-refractivity contribution in [3.05, 3.63) is 80.7 Å². The molecule has 0 aliphatic rings. The number of carbonyl (C=O) groups excluding carboxylic acids is 1. The largest absolute Gasteiger partial charge is 0.491 e. The van der Waals surface area contributed by atoms with E-state index < -0.39 is 28.8 Å². The van der Waals surface area contributed by atoms with Crippen LogP contribution in [0.4, 0.5) is 18.9 Å². The Labute approximate surface area is 186 Å². The molecule has 0 radical (unpaired) electrons. The summed E-state index contributed by atoms with van der Waals surface area (Å²) in [5.41, 5.74) is -1.49. The number of ether oxygens (including phenoxy) is 1. The van der Waals surface area contributed by atoms with E-state index in [0.717, 1.165) is 29.3 Å². The number of amides is 1. The average Bonchev–Trinajstić information content (AvgIpc) is 2.72. The number of hydrogen-bond donors (Lipinski definition) is 1. The van der Waals surface area contributed by atoms with E-state index in [9.17, 15) is 22.8 Å². The Balaban J connectivity index is 1.99. The number of nitrogens with one attached hydrogen (secondary N) is 1. The number of aryl methyl sites for hydroxylation is 1. The SMILES string of the molecule is CCCOc1ccc(Cl)cc1NC(=O)c1nn(-c2cccc(C(F)(F)F)c2)c(C)cc1=O. The van der Waals surface area contributed by atoms with E-state index in [4.69, 9.17) is 16.3 Å². The highest BCUT2D eigenvalue weighted by molar-refractivity contribution is 6.31. The van der Waals surface area contributed by atoms with Crippen LogP contribution < -0.4 is 15.5 Å². The second-order valence-corrected chi connectivity index (χ2v) is 7.34. The summed E-state index contributed by atoms with van der Waals surface area (Å²) in [6.45, 7) is 3.82. The molecular formula is C22H19ClF3N3O3. The molecule has 0 atom stereocenters. The van der Waals surface area contributed by atoms with Gasteiger partial charge in [-0.25, -0.2) is 4.68 Å². The molecule has 3 aromatic rings. The zero-order chi connectivity index (χ0) is 23.5. The summed E-state index contributed by atoms with van der Waals surface area (Å²) in [5, 5.41) is 6.91. The van der Waals surface area contributed by atoms with E-state index in [2.05, 4.69) is 10.4 Å². The summed E-state index contributed by atoms with van der Waals surface area (Å²) in [4.78, 5) is 25.3. The minimum atomic E-state index is -4.55. The third kappa shape index (κ3) is 5.28. The quantitative estimate of drug-likeness (QED) is 0.539. The first-order chi connectivity index (χ1) is 15.1. The standard InChI is InChI=1S/C22H19ClF3N3O3/c1-3-9-32-19-8-7-15(23)12-17(19)27-21(31)20-18(30)10-13(2)29(28-20)16-6-4-5-14(11-16)22(24,25)26/h4-8,10-12H,3,9H2,1-2H3,(H,27,31). The summed E-state index contributed by atoms with van der Waals surface area (Å²) in [6, 6.07) is 10.2. The van der Waals surface area contributed by atoms with Crippen molar-refractivity contribution in [2.45, 2.75) is 26.4 Å². The van der Waals surface area contributed by atoms with Crippen molar-refractivity contribution in [3.63, 3.8) is 0 Å². The highest BCUT2D eigenvalue weighted by Crippen LogP contribution is 2.31. The number of rotatable bonds is 6. The summed E-state index contributed by atoms with van der Waals surface area (Å²) in [7, 11) is 0. The van der Waals surface area contributed by atoms with Crippen LogP contribution in [0.25, 0.3) is 5.69 Å². The number of anilines is 1. The van der Waals surface area contributed by atoms with Crippen LogP contribution in [0.3, 0.4) is 0 Å². The maximum Gasteiger partial charge on any atom is 0.416 e. The Morgan fingerprint density at radius 1 is 1.19 bits per heavy atom. The molecule has 6 nitrogen and oxygen atoms in total. The smallest absolute Gasteiger partial charge is 0.416 e. The monoisotopic (exact) mass is 465 g/mol.